The van der Waals surface area contributed by atoms with E-state index >= 15 is 0 Å². The van der Waals surface area contributed by atoms with Crippen LogP contribution in [-0.4, -0.2) is 45.0 Å². The van der Waals surface area contributed by atoms with Crippen molar-refractivity contribution >= 4 is 43.2 Å². The summed E-state index contributed by atoms with van der Waals surface area (Å²) in [6, 6.07) is 13.1. The van der Waals surface area contributed by atoms with Crippen molar-refractivity contribution in [3.63, 3.8) is 0 Å². The van der Waals surface area contributed by atoms with E-state index < -0.39 is 25.4 Å². The Kier molecular flexibility index (Phi) is 6.85. The maximum Gasteiger partial charge on any atom is 0.256 e. The minimum absolute atomic E-state index is 0.0547. The van der Waals surface area contributed by atoms with Crippen LogP contribution in [0.15, 0.2) is 58.3 Å². The molecule has 0 aliphatic carbocycles. The van der Waals surface area contributed by atoms with E-state index in [1.54, 1.807) is 57.2 Å². The number of hydrogen-bond donors (Lipinski definition) is 2. The lowest BCUT2D eigenvalue weighted by molar-refractivity contribution is 0.102. The molecule has 168 valence electrons. The van der Waals surface area contributed by atoms with Gasteiger partial charge in [0.1, 0.15) is 0 Å². The maximum absolute atomic E-state index is 12.9. The van der Waals surface area contributed by atoms with Gasteiger partial charge in [0.2, 0.25) is 10.0 Å². The summed E-state index contributed by atoms with van der Waals surface area (Å²) in [6.07, 6.45) is 0.559. The predicted molar refractivity (Wildman–Crippen MR) is 124 cm³/mol. The summed E-state index contributed by atoms with van der Waals surface area (Å²) in [4.78, 5) is 13.7. The molecule has 1 saturated heterocycles. The highest BCUT2D eigenvalue weighted by Crippen LogP contribution is 2.33. The second kappa shape index (κ2) is 8.93. The quantitative estimate of drug-likeness (QED) is 0.654. The minimum atomic E-state index is -3.74. The minimum Gasteiger partial charge on any atom is -0.322 e. The number of hydrogen-bond acceptors (Lipinski definition) is 6. The molecule has 2 N–H and O–H groups in total. The first-order valence-electron chi connectivity index (χ1n) is 9.76. The molecule has 0 radical (unpaired) electrons. The second-order valence-corrected chi connectivity index (χ2v) is 13.7. The Bertz CT molecular complexity index is 1190. The van der Waals surface area contributed by atoms with Gasteiger partial charge in [-0.3, -0.25) is 4.79 Å². The number of sulfonamides is 1. The van der Waals surface area contributed by atoms with E-state index in [0.717, 1.165) is 0 Å². The third kappa shape index (κ3) is 6.55. The average molecular weight is 483 g/mol. The van der Waals surface area contributed by atoms with Crippen LogP contribution in [0.4, 0.5) is 5.69 Å². The number of thioether (sulfide) groups is 1. The highest BCUT2D eigenvalue weighted by Gasteiger charge is 2.29. The van der Waals surface area contributed by atoms with Crippen LogP contribution in [0.25, 0.3) is 0 Å². The largest absolute Gasteiger partial charge is 0.322 e. The van der Waals surface area contributed by atoms with Crippen LogP contribution in [0.3, 0.4) is 0 Å². The molecule has 0 spiro atoms. The highest BCUT2D eigenvalue weighted by molar-refractivity contribution is 8.02. The van der Waals surface area contributed by atoms with Crippen molar-refractivity contribution in [2.45, 2.75) is 47.8 Å². The Balaban J connectivity index is 1.79. The molecule has 1 fully saturated rings. The third-order valence-electron chi connectivity index (χ3n) is 4.46. The summed E-state index contributed by atoms with van der Waals surface area (Å²) < 4.78 is 51.2. The van der Waals surface area contributed by atoms with Crippen molar-refractivity contribution in [1.82, 2.24) is 4.72 Å². The predicted octanol–water partition coefficient (Wildman–Crippen LogP) is 3.29. The van der Waals surface area contributed by atoms with Gasteiger partial charge in [0.25, 0.3) is 5.91 Å². The van der Waals surface area contributed by atoms with Gasteiger partial charge in [0, 0.05) is 21.4 Å². The first kappa shape index (κ1) is 23.8. The fourth-order valence-corrected chi connectivity index (χ4v) is 8.28. The van der Waals surface area contributed by atoms with E-state index in [1.165, 1.54) is 23.9 Å². The topological polar surface area (TPSA) is 109 Å². The molecule has 7 nitrogen and oxygen atoms in total. The normalized spacial score (nSPS) is 18.6. The van der Waals surface area contributed by atoms with Crippen molar-refractivity contribution in [3.8, 4) is 0 Å². The molecule has 2 aromatic carbocycles. The smallest absolute Gasteiger partial charge is 0.256 e. The van der Waals surface area contributed by atoms with Crippen LogP contribution in [0, 0.1) is 0 Å². The number of carbonyl (C=O) groups is 1. The molecule has 2 aromatic rings. The highest BCUT2D eigenvalue weighted by atomic mass is 32.2. The van der Waals surface area contributed by atoms with Gasteiger partial charge in [-0.15, -0.1) is 11.8 Å². The standard InChI is InChI=1S/C21H26N2O5S3/c1-21(2,3)23-31(27,28)17-8-6-7-15(13-17)22-20(24)18-9-4-5-10-19(18)29-16-11-12-30(25,26)14-16/h4-10,13,16,23H,11-12,14H2,1-3H3,(H,22,24)/t16-/m0/s1. The molecule has 31 heavy (non-hydrogen) atoms. The van der Waals surface area contributed by atoms with Gasteiger partial charge in [0.15, 0.2) is 9.84 Å². The molecule has 0 saturated carbocycles. The lowest BCUT2D eigenvalue weighted by atomic mass is 10.1. The molecule has 10 heteroatoms. The van der Waals surface area contributed by atoms with Crippen molar-refractivity contribution in [1.29, 1.82) is 0 Å². The number of sulfone groups is 1. The van der Waals surface area contributed by atoms with Crippen LogP contribution in [-0.2, 0) is 19.9 Å². The SMILES string of the molecule is CC(C)(C)NS(=O)(=O)c1cccc(NC(=O)c2ccccc2S[C@H]2CCS(=O)(=O)C2)c1. The molecule has 0 unspecified atom stereocenters. The zero-order valence-electron chi connectivity index (χ0n) is 17.6. The Labute approximate surface area is 188 Å². The number of nitrogens with one attached hydrogen (secondary N) is 2. The fraction of sp³-hybridized carbons (Fsp3) is 0.381. The second-order valence-electron chi connectivity index (χ2n) is 8.48. The van der Waals surface area contributed by atoms with E-state index in [-0.39, 0.29) is 27.6 Å². The Morgan fingerprint density at radius 1 is 1.10 bits per heavy atom. The summed E-state index contributed by atoms with van der Waals surface area (Å²) >= 11 is 1.39. The monoisotopic (exact) mass is 482 g/mol. The van der Waals surface area contributed by atoms with Gasteiger partial charge in [-0.05, 0) is 57.5 Å². The first-order chi connectivity index (χ1) is 14.3. The molecule has 1 atom stereocenters. The van der Waals surface area contributed by atoms with E-state index in [1.807, 2.05) is 0 Å². The number of benzene rings is 2. The number of carbonyl (C=O) groups excluding carboxylic acids is 1. The summed E-state index contributed by atoms with van der Waals surface area (Å²) in [6.45, 7) is 5.25. The van der Waals surface area contributed by atoms with Crippen LogP contribution >= 0.6 is 11.8 Å². The number of anilines is 1. The number of amides is 1. The van der Waals surface area contributed by atoms with E-state index in [0.29, 0.717) is 22.6 Å². The fourth-order valence-electron chi connectivity index (χ4n) is 3.19. The molecular weight excluding hydrogens is 456 g/mol. The van der Waals surface area contributed by atoms with Gasteiger partial charge in [-0.25, -0.2) is 21.6 Å². The molecule has 3 rings (SSSR count). The van der Waals surface area contributed by atoms with Gasteiger partial charge in [-0.1, -0.05) is 18.2 Å². The Morgan fingerprint density at radius 2 is 1.81 bits per heavy atom. The third-order valence-corrected chi connectivity index (χ3v) is 9.54. The molecule has 0 aromatic heterocycles. The summed E-state index contributed by atoms with van der Waals surface area (Å²) in [5.74, 6) is -0.112. The van der Waals surface area contributed by atoms with Gasteiger partial charge >= 0.3 is 0 Å². The van der Waals surface area contributed by atoms with Crippen molar-refractivity contribution < 1.29 is 21.6 Å². The van der Waals surface area contributed by atoms with Crippen LogP contribution < -0.4 is 10.0 Å². The van der Waals surface area contributed by atoms with Crippen LogP contribution in [0.5, 0.6) is 0 Å². The molecule has 1 heterocycles. The van der Waals surface area contributed by atoms with Crippen molar-refractivity contribution in [3.05, 3.63) is 54.1 Å². The van der Waals surface area contributed by atoms with Gasteiger partial charge in [-0.2, -0.15) is 0 Å². The molecule has 1 amide bonds. The zero-order valence-corrected chi connectivity index (χ0v) is 20.0. The Morgan fingerprint density at radius 3 is 2.45 bits per heavy atom. The van der Waals surface area contributed by atoms with E-state index in [2.05, 4.69) is 10.0 Å². The van der Waals surface area contributed by atoms with Crippen molar-refractivity contribution in [2.75, 3.05) is 16.8 Å². The average Bonchev–Trinajstić information content (AvgIpc) is 2.99. The van der Waals surface area contributed by atoms with E-state index in [9.17, 15) is 21.6 Å². The zero-order chi connectivity index (χ0) is 22.9. The van der Waals surface area contributed by atoms with Crippen LogP contribution in [0.2, 0.25) is 0 Å². The van der Waals surface area contributed by atoms with Crippen LogP contribution in [0.1, 0.15) is 37.6 Å². The summed E-state index contributed by atoms with van der Waals surface area (Å²) in [5, 5.41) is 2.67. The number of rotatable bonds is 6. The molecule has 1 aliphatic heterocycles. The Hall–Kier alpha value is -1.88. The van der Waals surface area contributed by atoms with Crippen molar-refractivity contribution in [2.24, 2.45) is 0 Å². The summed E-state index contributed by atoms with van der Waals surface area (Å²) in [5.41, 5.74) is 0.130. The molecule has 0 bridgehead atoms. The van der Waals surface area contributed by atoms with Gasteiger partial charge < -0.3 is 5.32 Å². The first-order valence-corrected chi connectivity index (χ1v) is 13.9. The maximum atomic E-state index is 12.9. The lowest BCUT2D eigenvalue weighted by Gasteiger charge is -2.20. The molecule has 1 aliphatic rings. The molecular formula is C21H26N2O5S3. The van der Waals surface area contributed by atoms with Gasteiger partial charge in [0.05, 0.1) is 22.0 Å². The summed E-state index contributed by atoms with van der Waals surface area (Å²) in [7, 11) is -6.75. The van der Waals surface area contributed by atoms with E-state index in [4.69, 9.17) is 0 Å². The lowest BCUT2D eigenvalue weighted by Crippen LogP contribution is -2.40.